The van der Waals surface area contributed by atoms with Crippen molar-refractivity contribution < 1.29 is 8.42 Å². The van der Waals surface area contributed by atoms with Crippen molar-refractivity contribution in [1.82, 2.24) is 29.4 Å². The van der Waals surface area contributed by atoms with Gasteiger partial charge in [-0.15, -0.1) is 10.2 Å². The molecule has 0 aliphatic heterocycles. The highest BCUT2D eigenvalue weighted by atomic mass is 32.2. The van der Waals surface area contributed by atoms with Crippen LogP contribution < -0.4 is 0 Å². The molecule has 0 saturated carbocycles. The van der Waals surface area contributed by atoms with Gasteiger partial charge < -0.3 is 0 Å². The molecule has 3 aromatic heterocycles. The Balaban J connectivity index is 2.02. The number of rotatable bonds is 4. The van der Waals surface area contributed by atoms with Gasteiger partial charge in [-0.1, -0.05) is 0 Å². The summed E-state index contributed by atoms with van der Waals surface area (Å²) in [6.45, 7) is 7.59. The summed E-state index contributed by atoms with van der Waals surface area (Å²) in [7, 11) is -3.67. The van der Waals surface area contributed by atoms with E-state index in [-0.39, 0.29) is 22.7 Å². The molecule has 0 unspecified atom stereocenters. The van der Waals surface area contributed by atoms with Crippen molar-refractivity contribution in [3.05, 3.63) is 35.4 Å². The van der Waals surface area contributed by atoms with Crippen LogP contribution in [0.1, 0.15) is 37.0 Å². The van der Waals surface area contributed by atoms with Gasteiger partial charge in [0, 0.05) is 23.6 Å². The van der Waals surface area contributed by atoms with Crippen molar-refractivity contribution in [1.29, 1.82) is 0 Å². The first-order valence-corrected chi connectivity index (χ1v) is 8.89. The summed E-state index contributed by atoms with van der Waals surface area (Å²) >= 11 is 0. The van der Waals surface area contributed by atoms with E-state index in [9.17, 15) is 8.42 Å². The minimum atomic E-state index is -3.67. The third-order valence-electron chi connectivity index (χ3n) is 3.47. The molecule has 0 aromatic carbocycles. The second-order valence-corrected chi connectivity index (χ2v) is 7.68. The van der Waals surface area contributed by atoms with E-state index >= 15 is 0 Å². The van der Waals surface area contributed by atoms with Gasteiger partial charge in [-0.3, -0.25) is 9.08 Å². The summed E-state index contributed by atoms with van der Waals surface area (Å²) < 4.78 is 28.6. The summed E-state index contributed by atoms with van der Waals surface area (Å²) in [6.07, 6.45) is 1.77. The molecule has 3 heterocycles. The Morgan fingerprint density at radius 2 is 1.96 bits per heavy atom. The third kappa shape index (κ3) is 2.83. The maximum atomic E-state index is 12.7. The average molecular weight is 334 g/mol. The number of hydrogen-bond acceptors (Lipinski definition) is 6. The predicted octanol–water partition coefficient (Wildman–Crippen LogP) is 1.49. The Bertz CT molecular complexity index is 970. The number of aryl methyl sites for hydroxylation is 2. The molecule has 0 atom stereocenters. The molecule has 0 N–H and O–H groups in total. The molecule has 0 amide bonds. The molecule has 0 spiro atoms. The van der Waals surface area contributed by atoms with Crippen LogP contribution >= 0.6 is 0 Å². The van der Waals surface area contributed by atoms with Gasteiger partial charge >= 0.3 is 0 Å². The van der Waals surface area contributed by atoms with Crippen LogP contribution in [0.15, 0.2) is 23.5 Å². The third-order valence-corrected chi connectivity index (χ3v) is 4.97. The number of aromatic nitrogens is 6. The lowest BCUT2D eigenvalue weighted by molar-refractivity contribution is 0.527. The zero-order valence-corrected chi connectivity index (χ0v) is 14.2. The highest BCUT2D eigenvalue weighted by Gasteiger charge is 2.25. The van der Waals surface area contributed by atoms with Crippen molar-refractivity contribution in [2.24, 2.45) is 0 Å². The van der Waals surface area contributed by atoms with E-state index < -0.39 is 9.84 Å². The van der Waals surface area contributed by atoms with Crippen molar-refractivity contribution in [2.45, 2.75) is 44.6 Å². The lowest BCUT2D eigenvalue weighted by Crippen LogP contribution is -2.12. The molecule has 0 radical (unpaired) electrons. The lowest BCUT2D eigenvalue weighted by Gasteiger charge is -2.05. The standard InChI is InChI=1S/C14H18N6O2S/c1-9(2)19-6-5-12(18-19)8-23(21,22)14-17-16-13-15-10(3)7-11(4)20(13)14/h5-7,9H,8H2,1-4H3. The van der Waals surface area contributed by atoms with Gasteiger partial charge in [-0.05, 0) is 39.8 Å². The van der Waals surface area contributed by atoms with E-state index in [1.165, 1.54) is 4.40 Å². The van der Waals surface area contributed by atoms with Crippen LogP contribution in [0.2, 0.25) is 0 Å². The van der Waals surface area contributed by atoms with Crippen LogP contribution in [0, 0.1) is 13.8 Å². The molecule has 8 nitrogen and oxygen atoms in total. The Morgan fingerprint density at radius 1 is 1.22 bits per heavy atom. The Labute approximate surface area is 134 Å². The van der Waals surface area contributed by atoms with Gasteiger partial charge in [0.25, 0.3) is 10.9 Å². The number of nitrogens with zero attached hydrogens (tertiary/aromatic N) is 6. The number of fused-ring (bicyclic) bond motifs is 1. The Morgan fingerprint density at radius 3 is 2.61 bits per heavy atom. The maximum absolute atomic E-state index is 12.7. The van der Waals surface area contributed by atoms with Crippen molar-refractivity contribution in [3.63, 3.8) is 0 Å². The van der Waals surface area contributed by atoms with Gasteiger partial charge in [0.05, 0.1) is 5.69 Å². The predicted molar refractivity (Wildman–Crippen MR) is 83.8 cm³/mol. The molecule has 0 aliphatic rings. The summed E-state index contributed by atoms with van der Waals surface area (Å²) in [6, 6.07) is 3.67. The molecule has 9 heteroatoms. The summed E-state index contributed by atoms with van der Waals surface area (Å²) in [5, 5.41) is 11.9. The first-order valence-electron chi connectivity index (χ1n) is 7.24. The lowest BCUT2D eigenvalue weighted by atomic mass is 10.3. The van der Waals surface area contributed by atoms with Crippen LogP contribution in [0.5, 0.6) is 0 Å². The van der Waals surface area contributed by atoms with Crippen LogP contribution in [0.25, 0.3) is 5.78 Å². The highest BCUT2D eigenvalue weighted by molar-refractivity contribution is 7.90. The van der Waals surface area contributed by atoms with Crippen LogP contribution in [-0.2, 0) is 15.6 Å². The number of hydrogen-bond donors (Lipinski definition) is 0. The van der Waals surface area contributed by atoms with Crippen molar-refractivity contribution in [2.75, 3.05) is 0 Å². The van der Waals surface area contributed by atoms with Crippen LogP contribution in [0.3, 0.4) is 0 Å². The summed E-state index contributed by atoms with van der Waals surface area (Å²) in [5.41, 5.74) is 1.97. The molecule has 23 heavy (non-hydrogen) atoms. The maximum Gasteiger partial charge on any atom is 0.256 e. The molecule has 3 rings (SSSR count). The molecule has 3 aromatic rings. The van der Waals surface area contributed by atoms with E-state index in [0.29, 0.717) is 5.69 Å². The van der Waals surface area contributed by atoms with Crippen LogP contribution in [-0.4, -0.2) is 37.8 Å². The van der Waals surface area contributed by atoms with Gasteiger partial charge in [-0.25, -0.2) is 13.4 Å². The second-order valence-electron chi connectivity index (χ2n) is 5.80. The molecule has 0 fully saturated rings. The molecule has 0 bridgehead atoms. The van der Waals surface area contributed by atoms with E-state index in [0.717, 1.165) is 11.4 Å². The topological polar surface area (TPSA) is 95.0 Å². The van der Waals surface area contributed by atoms with E-state index in [4.69, 9.17) is 0 Å². The van der Waals surface area contributed by atoms with Crippen molar-refractivity contribution >= 4 is 15.6 Å². The zero-order valence-electron chi connectivity index (χ0n) is 13.4. The first-order chi connectivity index (χ1) is 10.8. The fourth-order valence-corrected chi connectivity index (χ4v) is 3.74. The molecule has 0 saturated heterocycles. The minimum Gasteiger partial charge on any atom is -0.270 e. The van der Waals surface area contributed by atoms with Gasteiger partial charge in [0.2, 0.25) is 9.84 Å². The highest BCUT2D eigenvalue weighted by Crippen LogP contribution is 2.17. The Hall–Kier alpha value is -2.29. The largest absolute Gasteiger partial charge is 0.270 e. The molecular weight excluding hydrogens is 316 g/mol. The average Bonchev–Trinajstić information content (AvgIpc) is 3.04. The minimum absolute atomic E-state index is 0.100. The monoisotopic (exact) mass is 334 g/mol. The SMILES string of the molecule is Cc1cc(C)n2c(S(=O)(=O)Cc3ccn(C(C)C)n3)nnc2n1. The molecule has 0 aliphatic carbocycles. The smallest absolute Gasteiger partial charge is 0.256 e. The molecular formula is C14H18N6O2S. The fraction of sp³-hybridized carbons (Fsp3) is 0.429. The normalized spacial score (nSPS) is 12.4. The van der Waals surface area contributed by atoms with E-state index in [1.807, 2.05) is 20.8 Å². The molecule has 122 valence electrons. The van der Waals surface area contributed by atoms with Crippen LogP contribution in [0.4, 0.5) is 0 Å². The zero-order chi connectivity index (χ0) is 16.8. The van der Waals surface area contributed by atoms with E-state index in [2.05, 4.69) is 20.3 Å². The second kappa shape index (κ2) is 5.41. The fourth-order valence-electron chi connectivity index (χ4n) is 2.40. The Kier molecular flexibility index (Phi) is 3.67. The number of sulfone groups is 1. The van der Waals surface area contributed by atoms with Gasteiger partial charge in [0.1, 0.15) is 5.75 Å². The summed E-state index contributed by atoms with van der Waals surface area (Å²) in [4.78, 5) is 4.21. The quantitative estimate of drug-likeness (QED) is 0.717. The first kappa shape index (κ1) is 15.6. The van der Waals surface area contributed by atoms with Crippen molar-refractivity contribution in [3.8, 4) is 0 Å². The van der Waals surface area contributed by atoms with Gasteiger partial charge in [0.15, 0.2) is 0 Å². The van der Waals surface area contributed by atoms with Gasteiger partial charge in [-0.2, -0.15) is 5.10 Å². The van der Waals surface area contributed by atoms with E-state index in [1.54, 1.807) is 29.9 Å². The summed E-state index contributed by atoms with van der Waals surface area (Å²) in [5.74, 6) is 0.0645.